The zero-order chi connectivity index (χ0) is 17.8. The molecule has 0 heterocycles. The number of hydrogen-bond donors (Lipinski definition) is 2. The lowest BCUT2D eigenvalue weighted by molar-refractivity contribution is -0.139. The largest absolute Gasteiger partial charge is 0.480 e. The van der Waals surface area contributed by atoms with Gasteiger partial charge in [0.25, 0.3) is 0 Å². The van der Waals surface area contributed by atoms with E-state index in [0.717, 1.165) is 6.26 Å². The van der Waals surface area contributed by atoms with Crippen LogP contribution in [0.3, 0.4) is 0 Å². The van der Waals surface area contributed by atoms with Crippen LogP contribution >= 0.6 is 0 Å². The maximum Gasteiger partial charge on any atom is 0.408 e. The molecule has 1 aromatic rings. The summed E-state index contributed by atoms with van der Waals surface area (Å²) in [5, 5.41) is 10.1. The fourth-order valence-corrected chi connectivity index (χ4v) is 3.36. The second kappa shape index (κ2) is 6.99. The first kappa shape index (κ1) is 19.0. The molecule has 0 unspecified atom stereocenters. The molecule has 8 heteroatoms. The van der Waals surface area contributed by atoms with Crippen molar-refractivity contribution in [2.24, 2.45) is 0 Å². The molecule has 1 amide bonds. The molecule has 0 saturated carbocycles. The normalized spacial score (nSPS) is 14.6. The summed E-state index contributed by atoms with van der Waals surface area (Å²) in [4.78, 5) is 23.4. The molecule has 0 saturated heterocycles. The highest BCUT2D eigenvalue weighted by Gasteiger charge is 2.38. The summed E-state index contributed by atoms with van der Waals surface area (Å²) in [6, 6.07) is 6.21. The van der Waals surface area contributed by atoms with Crippen LogP contribution in [0.5, 0.6) is 0 Å². The van der Waals surface area contributed by atoms with Gasteiger partial charge in [0.1, 0.15) is 10.9 Å². The Hall–Kier alpha value is -2.09. The van der Waals surface area contributed by atoms with Crippen LogP contribution in [0, 0.1) is 0 Å². The number of hydrogen-bond acceptors (Lipinski definition) is 5. The highest BCUT2D eigenvalue weighted by molar-refractivity contribution is 7.91. The van der Waals surface area contributed by atoms with Gasteiger partial charge in [-0.3, -0.25) is 0 Å². The van der Waals surface area contributed by atoms with E-state index in [1.54, 1.807) is 39.0 Å². The molecule has 0 spiro atoms. The number of carbonyl (C=O) groups is 2. The van der Waals surface area contributed by atoms with Crippen LogP contribution in [0.2, 0.25) is 0 Å². The lowest BCUT2D eigenvalue weighted by atomic mass is 10.1. The average Bonchev–Trinajstić information content (AvgIpc) is 2.35. The van der Waals surface area contributed by atoms with Gasteiger partial charge in [0.15, 0.2) is 15.9 Å². The fourth-order valence-electron chi connectivity index (χ4n) is 2.03. The third-order valence-corrected chi connectivity index (χ3v) is 4.30. The van der Waals surface area contributed by atoms with E-state index in [2.05, 4.69) is 5.32 Å². The van der Waals surface area contributed by atoms with Gasteiger partial charge in [0.05, 0.1) is 0 Å². The van der Waals surface area contributed by atoms with Crippen molar-refractivity contribution in [3.8, 4) is 0 Å². The zero-order valence-electron chi connectivity index (χ0n) is 13.4. The third kappa shape index (κ3) is 5.90. The second-order valence-electron chi connectivity index (χ2n) is 6.12. The molecule has 0 aliphatic heterocycles. The number of benzene rings is 1. The maximum absolute atomic E-state index is 12.1. The molecule has 0 aromatic heterocycles. The van der Waals surface area contributed by atoms with Crippen molar-refractivity contribution in [3.63, 3.8) is 0 Å². The summed E-state index contributed by atoms with van der Waals surface area (Å²) in [7, 11) is -3.80. The van der Waals surface area contributed by atoms with E-state index in [0.29, 0.717) is 0 Å². The number of nitrogens with one attached hydrogen (secondary N) is 1. The van der Waals surface area contributed by atoms with Gasteiger partial charge in [-0.15, -0.1) is 0 Å². The number of alkyl carbamates (subject to hydrolysis) is 1. The van der Waals surface area contributed by atoms with Gasteiger partial charge in [0.2, 0.25) is 0 Å². The second-order valence-corrected chi connectivity index (χ2v) is 8.29. The minimum atomic E-state index is -3.80. The van der Waals surface area contributed by atoms with Crippen molar-refractivity contribution >= 4 is 21.9 Å². The quantitative estimate of drug-likeness (QED) is 0.843. The van der Waals surface area contributed by atoms with Crippen molar-refractivity contribution in [2.45, 2.75) is 37.7 Å². The molecule has 0 aliphatic carbocycles. The Bertz CT molecular complexity index is 663. The van der Waals surface area contributed by atoms with Gasteiger partial charge in [-0.1, -0.05) is 30.3 Å². The van der Waals surface area contributed by atoms with Gasteiger partial charge < -0.3 is 15.2 Å². The number of aliphatic carboxylic acids is 1. The van der Waals surface area contributed by atoms with E-state index in [9.17, 15) is 23.1 Å². The third-order valence-electron chi connectivity index (χ3n) is 2.83. The van der Waals surface area contributed by atoms with Crippen molar-refractivity contribution in [2.75, 3.05) is 6.26 Å². The summed E-state index contributed by atoms with van der Waals surface area (Å²) < 4.78 is 29.2. The molecule has 2 N–H and O–H groups in total. The van der Waals surface area contributed by atoms with Crippen molar-refractivity contribution in [1.82, 2.24) is 5.32 Å². The average molecular weight is 343 g/mol. The van der Waals surface area contributed by atoms with E-state index >= 15 is 0 Å². The number of carboxylic acids is 1. The fraction of sp³-hybridized carbons (Fsp3) is 0.467. The minimum Gasteiger partial charge on any atom is -0.480 e. The van der Waals surface area contributed by atoms with Crippen LogP contribution in [0.25, 0.3) is 0 Å². The maximum atomic E-state index is 12.1. The van der Waals surface area contributed by atoms with Crippen LogP contribution in [0.15, 0.2) is 30.3 Å². The number of rotatable bonds is 5. The molecule has 0 aliphatic rings. The number of ether oxygens (including phenoxy) is 1. The summed E-state index contributed by atoms with van der Waals surface area (Å²) in [6.45, 7) is 4.86. The minimum absolute atomic E-state index is 0.276. The lowest BCUT2D eigenvalue weighted by Crippen LogP contribution is -2.48. The smallest absolute Gasteiger partial charge is 0.408 e. The van der Waals surface area contributed by atoms with E-state index in [1.165, 1.54) is 12.1 Å². The Morgan fingerprint density at radius 3 is 2.09 bits per heavy atom. The first-order valence-corrected chi connectivity index (χ1v) is 8.83. The molecule has 0 fully saturated rings. The van der Waals surface area contributed by atoms with Gasteiger partial charge >= 0.3 is 12.1 Å². The van der Waals surface area contributed by atoms with Crippen LogP contribution in [0.1, 0.15) is 31.6 Å². The van der Waals surface area contributed by atoms with Crippen molar-refractivity contribution < 1.29 is 27.9 Å². The lowest BCUT2D eigenvalue weighted by Gasteiger charge is -2.26. The van der Waals surface area contributed by atoms with E-state index in [-0.39, 0.29) is 5.56 Å². The number of carbonyl (C=O) groups excluding carboxylic acids is 1. The van der Waals surface area contributed by atoms with Gasteiger partial charge in [-0.05, 0) is 26.3 Å². The summed E-state index contributed by atoms with van der Waals surface area (Å²) in [5.41, 5.74) is -0.557. The van der Waals surface area contributed by atoms with E-state index in [4.69, 9.17) is 4.74 Å². The van der Waals surface area contributed by atoms with Crippen molar-refractivity contribution in [3.05, 3.63) is 35.9 Å². The van der Waals surface area contributed by atoms with Gasteiger partial charge in [0, 0.05) is 6.26 Å². The number of amides is 1. The van der Waals surface area contributed by atoms with Gasteiger partial charge in [-0.25, -0.2) is 18.0 Å². The molecular formula is C15H21NO6S. The molecule has 0 radical (unpaired) electrons. The molecule has 2 atom stereocenters. The van der Waals surface area contributed by atoms with Crippen LogP contribution < -0.4 is 5.32 Å². The highest BCUT2D eigenvalue weighted by Crippen LogP contribution is 2.26. The standard InChI is InChI=1S/C15H21NO6S/c1-15(2,3)22-14(19)16-11(13(17)18)12(23(4,20)21)10-8-6-5-7-9-10/h5-9,11-12H,1-4H3,(H,16,19)(H,17,18)/t11-,12-/m1/s1. The number of carboxylic acid groups (broad SMARTS) is 1. The predicted molar refractivity (Wildman–Crippen MR) is 84.8 cm³/mol. The first-order valence-electron chi connectivity index (χ1n) is 6.88. The molecule has 1 rings (SSSR count). The molecule has 1 aromatic carbocycles. The molecular weight excluding hydrogens is 322 g/mol. The Labute approximate surface area is 135 Å². The number of sulfone groups is 1. The first-order chi connectivity index (χ1) is 10.4. The topological polar surface area (TPSA) is 110 Å². The van der Waals surface area contributed by atoms with Crippen LogP contribution in [0.4, 0.5) is 4.79 Å². The Kier molecular flexibility index (Phi) is 5.76. The summed E-state index contributed by atoms with van der Waals surface area (Å²) in [5.74, 6) is -1.46. The molecule has 0 bridgehead atoms. The highest BCUT2D eigenvalue weighted by atomic mass is 32.2. The predicted octanol–water partition coefficient (Wildman–Crippen LogP) is 1.75. The van der Waals surface area contributed by atoms with E-state index < -0.39 is 38.8 Å². The van der Waals surface area contributed by atoms with E-state index in [1.807, 2.05) is 0 Å². The molecule has 128 valence electrons. The Morgan fingerprint density at radius 1 is 1.17 bits per heavy atom. The molecule has 7 nitrogen and oxygen atoms in total. The molecule has 23 heavy (non-hydrogen) atoms. The van der Waals surface area contributed by atoms with Gasteiger partial charge in [-0.2, -0.15) is 0 Å². The van der Waals surface area contributed by atoms with Crippen LogP contribution in [-0.2, 0) is 19.4 Å². The Morgan fingerprint density at radius 2 is 1.70 bits per heavy atom. The Balaban J connectivity index is 3.18. The summed E-state index contributed by atoms with van der Waals surface area (Å²) >= 11 is 0. The zero-order valence-corrected chi connectivity index (χ0v) is 14.3. The van der Waals surface area contributed by atoms with Crippen LogP contribution in [-0.4, -0.2) is 43.5 Å². The summed E-state index contributed by atoms with van der Waals surface area (Å²) in [6.07, 6.45) is -0.0633. The van der Waals surface area contributed by atoms with Crippen molar-refractivity contribution in [1.29, 1.82) is 0 Å². The SMILES string of the molecule is CC(C)(C)OC(=O)N[C@@H](C(=O)O)[C@@H](c1ccccc1)S(C)(=O)=O. The monoisotopic (exact) mass is 343 g/mol.